The summed E-state index contributed by atoms with van der Waals surface area (Å²) in [6.45, 7) is 5.56. The Morgan fingerprint density at radius 1 is 1.62 bits per heavy atom. The smallest absolute Gasteiger partial charge is 0.327 e. The van der Waals surface area contributed by atoms with E-state index in [4.69, 9.17) is 16.2 Å². The predicted molar refractivity (Wildman–Crippen MR) is 68.8 cm³/mol. The Bertz CT molecular complexity index is 263. The average molecular weight is 247 g/mol. The van der Waals surface area contributed by atoms with E-state index in [1.807, 2.05) is 6.92 Å². The highest BCUT2D eigenvalue weighted by Gasteiger charge is 2.30. The van der Waals surface area contributed by atoms with E-state index in [0.29, 0.717) is 18.8 Å². The molecule has 0 aromatic heterocycles. The number of esters is 1. The highest BCUT2D eigenvalue weighted by Crippen LogP contribution is 2.09. The fourth-order valence-corrected chi connectivity index (χ4v) is 0.975. The lowest BCUT2D eigenvalue weighted by molar-refractivity contribution is -0.153. The molecule has 0 aromatic rings. The quantitative estimate of drug-likeness (QED) is 0.273. The molecule has 0 radical (unpaired) electrons. The van der Waals surface area contributed by atoms with Crippen LogP contribution < -0.4 is 11.5 Å². The number of carbonyl (C=O) groups excluding carboxylic acids is 1. The monoisotopic (exact) mass is 247 g/mol. The number of amidine groups is 1. The third-order valence-corrected chi connectivity index (χ3v) is 2.73. The highest BCUT2D eigenvalue weighted by molar-refractivity contribution is 7.80. The van der Waals surface area contributed by atoms with Crippen molar-refractivity contribution < 1.29 is 9.53 Å². The molecule has 0 aliphatic heterocycles. The van der Waals surface area contributed by atoms with Crippen LogP contribution in [0.25, 0.3) is 0 Å². The maximum absolute atomic E-state index is 11.6. The zero-order chi connectivity index (χ0) is 12.8. The van der Waals surface area contributed by atoms with Crippen molar-refractivity contribution in [3.63, 3.8) is 0 Å². The van der Waals surface area contributed by atoms with Gasteiger partial charge in [0.25, 0.3) is 0 Å². The van der Waals surface area contributed by atoms with Crippen LogP contribution in [0.2, 0.25) is 0 Å². The lowest BCUT2D eigenvalue weighted by Gasteiger charge is -2.23. The van der Waals surface area contributed by atoms with Gasteiger partial charge in [-0.05, 0) is 20.3 Å². The Morgan fingerprint density at radius 3 is 2.56 bits per heavy atom. The largest absolute Gasteiger partial charge is 0.459 e. The zero-order valence-electron chi connectivity index (χ0n) is 10.1. The minimum Gasteiger partial charge on any atom is -0.459 e. The van der Waals surface area contributed by atoms with Gasteiger partial charge in [-0.3, -0.25) is 9.79 Å². The normalized spacial score (nSPS) is 17.7. The number of hydrogen-bond donors (Lipinski definition) is 3. The second-order valence-electron chi connectivity index (χ2n) is 3.99. The third-order valence-electron chi connectivity index (χ3n) is 2.07. The zero-order valence-corrected chi connectivity index (χ0v) is 11.0. The first-order valence-electron chi connectivity index (χ1n) is 5.20. The minimum absolute atomic E-state index is 0.238. The van der Waals surface area contributed by atoms with Gasteiger partial charge in [0.05, 0.1) is 12.4 Å². The van der Waals surface area contributed by atoms with Crippen LogP contribution >= 0.6 is 12.6 Å². The van der Waals surface area contributed by atoms with Gasteiger partial charge in [0.15, 0.2) is 0 Å². The molecule has 0 aliphatic carbocycles. The number of ether oxygens (including phenoxy) is 1. The molecule has 0 amide bonds. The van der Waals surface area contributed by atoms with E-state index in [0.717, 1.165) is 0 Å². The van der Waals surface area contributed by atoms with Gasteiger partial charge < -0.3 is 16.2 Å². The Hall–Kier alpha value is -0.750. The molecule has 0 unspecified atom stereocenters. The third kappa shape index (κ3) is 5.37. The SMILES string of the molecule is CC[C@@H](CN=C(C)N)OC(=O)[C@@](C)(N)CS. The number of thiol groups is 1. The van der Waals surface area contributed by atoms with E-state index >= 15 is 0 Å². The molecule has 16 heavy (non-hydrogen) atoms. The molecule has 0 fully saturated rings. The Balaban J connectivity index is 4.33. The van der Waals surface area contributed by atoms with Crippen molar-refractivity contribution in [2.75, 3.05) is 12.3 Å². The molecule has 0 rings (SSSR count). The van der Waals surface area contributed by atoms with E-state index in [9.17, 15) is 4.79 Å². The van der Waals surface area contributed by atoms with E-state index < -0.39 is 11.5 Å². The molecule has 6 heteroatoms. The Labute approximate surface area is 102 Å². The summed E-state index contributed by atoms with van der Waals surface area (Å²) >= 11 is 4.00. The van der Waals surface area contributed by atoms with Crippen molar-refractivity contribution in [2.24, 2.45) is 16.5 Å². The predicted octanol–water partition coefficient (Wildman–Crippen LogP) is 0.333. The summed E-state index contributed by atoms with van der Waals surface area (Å²) in [5, 5.41) is 0. The van der Waals surface area contributed by atoms with E-state index in [2.05, 4.69) is 17.6 Å². The topological polar surface area (TPSA) is 90.7 Å². The summed E-state index contributed by atoms with van der Waals surface area (Å²) in [6.07, 6.45) is 0.388. The molecular formula is C10H21N3O2S. The van der Waals surface area contributed by atoms with Gasteiger partial charge in [-0.1, -0.05) is 6.92 Å². The van der Waals surface area contributed by atoms with Crippen molar-refractivity contribution in [3.05, 3.63) is 0 Å². The maximum atomic E-state index is 11.6. The number of aliphatic imine (C=N–C) groups is 1. The summed E-state index contributed by atoms with van der Waals surface area (Å²) in [7, 11) is 0. The number of hydrogen-bond acceptors (Lipinski definition) is 5. The molecule has 5 nitrogen and oxygen atoms in total. The summed E-state index contributed by atoms with van der Waals surface area (Å²) < 4.78 is 5.23. The Kier molecular flexibility index (Phi) is 6.43. The minimum atomic E-state index is -1.06. The van der Waals surface area contributed by atoms with Crippen molar-refractivity contribution in [2.45, 2.75) is 38.8 Å². The van der Waals surface area contributed by atoms with E-state index in [1.165, 1.54) is 0 Å². The summed E-state index contributed by atoms with van der Waals surface area (Å²) in [5.41, 5.74) is 10.1. The lowest BCUT2D eigenvalue weighted by atomic mass is 10.1. The van der Waals surface area contributed by atoms with Crippen LogP contribution in [0.15, 0.2) is 4.99 Å². The first-order chi connectivity index (χ1) is 7.33. The number of nitrogens with zero attached hydrogens (tertiary/aromatic N) is 1. The lowest BCUT2D eigenvalue weighted by Crippen LogP contribution is -2.49. The van der Waals surface area contributed by atoms with Gasteiger partial charge in [-0.25, -0.2) is 0 Å². The van der Waals surface area contributed by atoms with Crippen LogP contribution in [-0.4, -0.2) is 35.7 Å². The van der Waals surface area contributed by atoms with E-state index in [-0.39, 0.29) is 11.9 Å². The molecule has 94 valence electrons. The first-order valence-corrected chi connectivity index (χ1v) is 5.84. The van der Waals surface area contributed by atoms with Crippen LogP contribution in [0.4, 0.5) is 0 Å². The second-order valence-corrected chi connectivity index (χ2v) is 4.31. The fraction of sp³-hybridized carbons (Fsp3) is 0.800. The number of rotatable bonds is 6. The second kappa shape index (κ2) is 6.75. The van der Waals surface area contributed by atoms with Gasteiger partial charge in [0.2, 0.25) is 0 Å². The Morgan fingerprint density at radius 2 is 2.19 bits per heavy atom. The van der Waals surface area contributed by atoms with Gasteiger partial charge in [-0.15, -0.1) is 0 Å². The number of carbonyl (C=O) groups is 1. The fourth-order valence-electron chi connectivity index (χ4n) is 0.846. The van der Waals surface area contributed by atoms with Crippen molar-refractivity contribution in [1.82, 2.24) is 0 Å². The van der Waals surface area contributed by atoms with Gasteiger partial charge >= 0.3 is 5.97 Å². The molecule has 2 atom stereocenters. The van der Waals surface area contributed by atoms with Crippen molar-refractivity contribution in [1.29, 1.82) is 0 Å². The van der Waals surface area contributed by atoms with Gasteiger partial charge in [0.1, 0.15) is 11.6 Å². The molecule has 0 spiro atoms. The maximum Gasteiger partial charge on any atom is 0.327 e. The molecule has 0 heterocycles. The summed E-state index contributed by atoms with van der Waals surface area (Å²) in [4.78, 5) is 15.6. The molecular weight excluding hydrogens is 226 g/mol. The standard InChI is InChI=1S/C10H21N3O2S/c1-4-8(5-13-7(2)11)15-9(14)10(3,12)6-16/h8,16H,4-6,12H2,1-3H3,(H2,11,13)/t8-,10-/m0/s1. The van der Waals surface area contributed by atoms with Crippen molar-refractivity contribution in [3.8, 4) is 0 Å². The average Bonchev–Trinajstić information content (AvgIpc) is 2.23. The van der Waals surface area contributed by atoms with Crippen molar-refractivity contribution >= 4 is 24.4 Å². The van der Waals surface area contributed by atoms with Crippen LogP contribution in [-0.2, 0) is 9.53 Å². The highest BCUT2D eigenvalue weighted by atomic mass is 32.1. The van der Waals surface area contributed by atoms with Crippen LogP contribution in [0.5, 0.6) is 0 Å². The molecule has 0 aromatic carbocycles. The van der Waals surface area contributed by atoms with Crippen LogP contribution in [0, 0.1) is 0 Å². The molecule has 0 aliphatic rings. The molecule has 0 saturated carbocycles. The summed E-state index contributed by atoms with van der Waals surface area (Å²) in [6, 6.07) is 0. The van der Waals surface area contributed by atoms with Gasteiger partial charge in [0, 0.05) is 5.75 Å². The van der Waals surface area contributed by atoms with Crippen LogP contribution in [0.3, 0.4) is 0 Å². The van der Waals surface area contributed by atoms with Crippen LogP contribution in [0.1, 0.15) is 27.2 Å². The molecule has 0 saturated heterocycles. The number of nitrogens with two attached hydrogens (primary N) is 2. The first kappa shape index (κ1) is 15.2. The summed E-state index contributed by atoms with van der Waals surface area (Å²) in [5.74, 6) is 0.250. The van der Waals surface area contributed by atoms with E-state index in [1.54, 1.807) is 13.8 Å². The van der Waals surface area contributed by atoms with Gasteiger partial charge in [-0.2, -0.15) is 12.6 Å². The molecule has 0 bridgehead atoms. The molecule has 4 N–H and O–H groups in total.